The highest BCUT2D eigenvalue weighted by molar-refractivity contribution is 7.99. The summed E-state index contributed by atoms with van der Waals surface area (Å²) in [7, 11) is 0. The topological polar surface area (TPSA) is 45.2 Å². The summed E-state index contributed by atoms with van der Waals surface area (Å²) in [5.74, 6) is 0. The zero-order chi connectivity index (χ0) is 24.4. The van der Waals surface area contributed by atoms with Crippen LogP contribution in [0.3, 0.4) is 0 Å². The number of aromatic nitrogens is 1. The van der Waals surface area contributed by atoms with E-state index in [4.69, 9.17) is 0 Å². The lowest BCUT2D eigenvalue weighted by Crippen LogP contribution is -2.37. The van der Waals surface area contributed by atoms with E-state index in [2.05, 4.69) is 77.0 Å². The first-order valence-corrected chi connectivity index (χ1v) is 14.2. The number of amides is 2. The Labute approximate surface area is 215 Å². The molecule has 0 spiro atoms. The Morgan fingerprint density at radius 1 is 1.00 bits per heavy atom. The van der Waals surface area contributed by atoms with E-state index in [0.29, 0.717) is 6.54 Å². The first kappa shape index (κ1) is 23.8. The van der Waals surface area contributed by atoms with Gasteiger partial charge in [0, 0.05) is 17.1 Å². The Kier molecular flexibility index (Phi) is 7.02. The number of fused-ring (bicyclic) bond motifs is 2. The number of carbonyl (C=O) groups is 1. The number of hydrogen-bond donors (Lipinski definition) is 1. The fourth-order valence-electron chi connectivity index (χ4n) is 4.93. The largest absolute Gasteiger partial charge is 0.322 e. The van der Waals surface area contributed by atoms with Gasteiger partial charge in [-0.25, -0.2) is 9.78 Å². The van der Waals surface area contributed by atoms with Crippen molar-refractivity contribution in [1.29, 1.82) is 0 Å². The van der Waals surface area contributed by atoms with E-state index < -0.39 is 0 Å². The molecule has 1 heterocycles. The van der Waals surface area contributed by atoms with Crippen molar-refractivity contribution in [3.63, 3.8) is 0 Å². The number of nitrogens with one attached hydrogen (secondary N) is 1. The van der Waals surface area contributed by atoms with E-state index in [1.807, 2.05) is 30.4 Å². The molecule has 1 aliphatic carbocycles. The second kappa shape index (κ2) is 10.3. The molecular formula is C29H29N3OS2. The van der Waals surface area contributed by atoms with Crippen molar-refractivity contribution in [2.24, 2.45) is 0 Å². The number of thioether (sulfide) groups is 2. The summed E-state index contributed by atoms with van der Waals surface area (Å²) < 4.78 is 0. The zero-order valence-corrected chi connectivity index (χ0v) is 21.9. The summed E-state index contributed by atoms with van der Waals surface area (Å²) in [5, 5.41) is 6.50. The summed E-state index contributed by atoms with van der Waals surface area (Å²) in [5.41, 5.74) is 5.46. The van der Waals surface area contributed by atoms with Gasteiger partial charge in [-0.1, -0.05) is 60.7 Å². The van der Waals surface area contributed by atoms with Crippen molar-refractivity contribution in [3.05, 3.63) is 95.2 Å². The Hall–Kier alpha value is -2.96. The third-order valence-corrected chi connectivity index (χ3v) is 8.07. The molecule has 1 N–H and O–H groups in total. The van der Waals surface area contributed by atoms with Gasteiger partial charge >= 0.3 is 6.03 Å². The van der Waals surface area contributed by atoms with Crippen molar-refractivity contribution < 1.29 is 4.79 Å². The summed E-state index contributed by atoms with van der Waals surface area (Å²) >= 11 is 3.19. The summed E-state index contributed by atoms with van der Waals surface area (Å²) in [6.07, 6.45) is 5.95. The first-order chi connectivity index (χ1) is 17.1. The summed E-state index contributed by atoms with van der Waals surface area (Å²) in [6, 6.07) is 25.3. The van der Waals surface area contributed by atoms with Gasteiger partial charge in [0.25, 0.3) is 0 Å². The molecule has 3 aromatic carbocycles. The Morgan fingerprint density at radius 2 is 1.77 bits per heavy atom. The van der Waals surface area contributed by atoms with Crippen LogP contribution < -0.4 is 5.32 Å². The first-order valence-electron chi connectivity index (χ1n) is 11.8. The average Bonchev–Trinajstić information content (AvgIpc) is 3.31. The lowest BCUT2D eigenvalue weighted by atomic mass is 10.0. The number of pyridine rings is 1. The van der Waals surface area contributed by atoms with Gasteiger partial charge < -0.3 is 10.2 Å². The molecule has 4 aromatic rings. The van der Waals surface area contributed by atoms with E-state index in [9.17, 15) is 4.79 Å². The van der Waals surface area contributed by atoms with Gasteiger partial charge in [-0.3, -0.25) is 0 Å². The standard InChI is InChI=1S/C29H29N3OS2/c1-19-16-26(34-2)27(28(30-19)35-3)31-29(33)32(25-15-14-22-9-6-7-11-24(22)25)18-20-12-13-21-8-4-5-10-23(21)17-20/h4-13,16-17,25H,14-15,18H2,1-3H3,(H,31,33). The molecule has 0 fully saturated rings. The zero-order valence-electron chi connectivity index (χ0n) is 20.2. The SMILES string of the molecule is CSc1cc(C)nc(SC)c1NC(=O)N(Cc1ccc2ccccc2c1)C1CCc2ccccc21. The van der Waals surface area contributed by atoms with Gasteiger partial charge in [0.05, 0.1) is 11.7 Å². The molecule has 5 rings (SSSR count). The molecule has 4 nitrogen and oxygen atoms in total. The van der Waals surface area contributed by atoms with E-state index in [0.717, 1.165) is 39.7 Å². The fraction of sp³-hybridized carbons (Fsp3) is 0.241. The number of rotatable bonds is 6. The highest BCUT2D eigenvalue weighted by Gasteiger charge is 2.32. The molecular weight excluding hydrogens is 470 g/mol. The molecule has 1 aromatic heterocycles. The Bertz CT molecular complexity index is 1360. The lowest BCUT2D eigenvalue weighted by Gasteiger charge is -2.31. The molecule has 1 unspecified atom stereocenters. The number of anilines is 1. The van der Waals surface area contributed by atoms with E-state index in [1.165, 1.54) is 21.9 Å². The van der Waals surface area contributed by atoms with Gasteiger partial charge in [0.15, 0.2) is 0 Å². The van der Waals surface area contributed by atoms with Crippen LogP contribution in [0.15, 0.2) is 82.7 Å². The van der Waals surface area contributed by atoms with Gasteiger partial charge in [0.2, 0.25) is 0 Å². The Morgan fingerprint density at radius 3 is 2.57 bits per heavy atom. The van der Waals surface area contributed by atoms with E-state index >= 15 is 0 Å². The number of urea groups is 1. The number of aryl methyl sites for hydroxylation is 2. The van der Waals surface area contributed by atoms with E-state index in [1.54, 1.807) is 23.5 Å². The minimum atomic E-state index is -0.0869. The van der Waals surface area contributed by atoms with Gasteiger partial charge in [0.1, 0.15) is 5.03 Å². The van der Waals surface area contributed by atoms with Crippen LogP contribution in [-0.4, -0.2) is 28.4 Å². The molecule has 35 heavy (non-hydrogen) atoms. The number of nitrogens with zero attached hydrogens (tertiary/aromatic N) is 2. The molecule has 1 atom stereocenters. The van der Waals surface area contributed by atoms with Crippen LogP contribution in [0, 0.1) is 6.92 Å². The summed E-state index contributed by atoms with van der Waals surface area (Å²) in [4.78, 5) is 21.7. The molecule has 0 saturated heterocycles. The highest BCUT2D eigenvalue weighted by Crippen LogP contribution is 2.39. The van der Waals surface area contributed by atoms with Crippen LogP contribution in [-0.2, 0) is 13.0 Å². The molecule has 0 aliphatic heterocycles. The average molecular weight is 500 g/mol. The molecule has 1 aliphatic rings. The third-order valence-electron chi connectivity index (χ3n) is 6.63. The molecule has 2 amide bonds. The second-order valence-corrected chi connectivity index (χ2v) is 10.5. The minimum absolute atomic E-state index is 0.0338. The second-order valence-electron chi connectivity index (χ2n) is 8.84. The van der Waals surface area contributed by atoms with Gasteiger partial charge in [-0.15, -0.1) is 23.5 Å². The number of hydrogen-bond acceptors (Lipinski definition) is 4. The van der Waals surface area contributed by atoms with Crippen molar-refractivity contribution in [3.8, 4) is 0 Å². The predicted molar refractivity (Wildman–Crippen MR) is 149 cm³/mol. The number of carbonyl (C=O) groups excluding carboxylic acids is 1. The minimum Gasteiger partial charge on any atom is -0.313 e. The lowest BCUT2D eigenvalue weighted by molar-refractivity contribution is 0.183. The van der Waals surface area contributed by atoms with E-state index in [-0.39, 0.29) is 12.1 Å². The van der Waals surface area contributed by atoms with Gasteiger partial charge in [-0.05, 0) is 71.9 Å². The van der Waals surface area contributed by atoms with Crippen molar-refractivity contribution >= 4 is 46.0 Å². The molecule has 6 heteroatoms. The molecule has 0 saturated carbocycles. The van der Waals surface area contributed by atoms with Crippen LogP contribution >= 0.6 is 23.5 Å². The van der Waals surface area contributed by atoms with Crippen LogP contribution in [0.1, 0.15) is 34.8 Å². The van der Waals surface area contributed by atoms with Crippen molar-refractivity contribution in [2.75, 3.05) is 17.8 Å². The normalized spacial score (nSPS) is 14.7. The fourth-order valence-corrected chi connectivity index (χ4v) is 6.24. The van der Waals surface area contributed by atoms with Crippen molar-refractivity contribution in [1.82, 2.24) is 9.88 Å². The van der Waals surface area contributed by atoms with Crippen LogP contribution in [0.5, 0.6) is 0 Å². The van der Waals surface area contributed by atoms with Crippen LogP contribution in [0.4, 0.5) is 10.5 Å². The highest BCUT2D eigenvalue weighted by atomic mass is 32.2. The smallest absolute Gasteiger partial charge is 0.313 e. The summed E-state index contributed by atoms with van der Waals surface area (Å²) in [6.45, 7) is 2.53. The maximum atomic E-state index is 14.0. The molecule has 0 bridgehead atoms. The molecule has 0 radical (unpaired) electrons. The Balaban J connectivity index is 1.52. The monoisotopic (exact) mass is 499 g/mol. The van der Waals surface area contributed by atoms with Gasteiger partial charge in [-0.2, -0.15) is 0 Å². The van der Waals surface area contributed by atoms with Crippen LogP contribution in [0.2, 0.25) is 0 Å². The van der Waals surface area contributed by atoms with Crippen molar-refractivity contribution in [2.45, 2.75) is 42.3 Å². The molecule has 178 valence electrons. The predicted octanol–water partition coefficient (Wildman–Crippen LogP) is 7.71. The number of benzene rings is 3. The maximum Gasteiger partial charge on any atom is 0.322 e. The maximum absolute atomic E-state index is 14.0. The third kappa shape index (κ3) is 4.91. The quantitative estimate of drug-likeness (QED) is 0.276. The van der Waals surface area contributed by atoms with Crippen LogP contribution in [0.25, 0.3) is 10.8 Å².